The first-order chi connectivity index (χ1) is 17.2. The molecule has 4 aromatic rings. The Kier molecular flexibility index (Phi) is 6.10. The third-order valence-electron chi connectivity index (χ3n) is 6.16. The smallest absolute Gasteiger partial charge is 0.258 e. The molecule has 4 heterocycles. The number of likely N-dealkylation sites (tertiary alicyclic amines) is 1. The number of ether oxygens (including phenoxy) is 1. The van der Waals surface area contributed by atoms with Gasteiger partial charge in [0.15, 0.2) is 5.82 Å². The molecule has 10 nitrogen and oxygen atoms in total. The van der Waals surface area contributed by atoms with Gasteiger partial charge in [0.25, 0.3) is 6.43 Å². The third-order valence-corrected chi connectivity index (χ3v) is 6.16. The molecule has 0 bridgehead atoms. The van der Waals surface area contributed by atoms with Gasteiger partial charge in [-0.2, -0.15) is 4.98 Å². The molecular weight excluding hydrogens is 484 g/mol. The number of benzene rings is 1. The molecule has 1 aromatic carbocycles. The highest BCUT2D eigenvalue weighted by Gasteiger charge is 2.31. The number of hydrogen-bond donors (Lipinski definition) is 1. The molecule has 1 N–H and O–H groups in total. The molecule has 1 aliphatic heterocycles. The van der Waals surface area contributed by atoms with Gasteiger partial charge in [0.2, 0.25) is 17.7 Å². The van der Waals surface area contributed by atoms with Crippen molar-refractivity contribution < 1.29 is 27.1 Å². The number of nitrogens with zero attached hydrogens (tertiary/aromatic N) is 7. The van der Waals surface area contributed by atoms with E-state index in [2.05, 4.69) is 25.7 Å². The van der Waals surface area contributed by atoms with Crippen LogP contribution in [0.25, 0.3) is 27.7 Å². The summed E-state index contributed by atoms with van der Waals surface area (Å²) in [5.74, 6) is -0.788. The van der Waals surface area contributed by atoms with Crippen LogP contribution in [0.15, 0.2) is 24.4 Å². The number of aromatic nitrogens is 6. The highest BCUT2D eigenvalue weighted by atomic mass is 19.3. The van der Waals surface area contributed by atoms with Gasteiger partial charge in [0.05, 0.1) is 37.0 Å². The van der Waals surface area contributed by atoms with Crippen LogP contribution in [-0.4, -0.2) is 79.2 Å². The van der Waals surface area contributed by atoms with E-state index in [4.69, 9.17) is 4.74 Å². The van der Waals surface area contributed by atoms with Crippen LogP contribution >= 0.6 is 0 Å². The van der Waals surface area contributed by atoms with Crippen molar-refractivity contribution in [2.45, 2.75) is 38.5 Å². The van der Waals surface area contributed by atoms with Crippen molar-refractivity contribution in [3.8, 4) is 17.0 Å². The molecule has 36 heavy (non-hydrogen) atoms. The standard InChI is InChI=1S/C22H22F4N8O2/c1-11(35)32-6-5-15(13(23)8-32)27-22-28-21(36-2)20-19(14(24)9-34(20)30-22)12-3-4-16-17(7-12)33(31-29-16)10-18(25)26/h3-4,7,9,13,15,18H,5-6,8,10H2,1-2H3,(H,27,30)/t13-,15+/m1/s1. The molecule has 1 fully saturated rings. The minimum absolute atomic E-state index is 0.0273. The molecule has 0 unspecified atom stereocenters. The summed E-state index contributed by atoms with van der Waals surface area (Å²) >= 11 is 0. The number of hydrogen-bond acceptors (Lipinski definition) is 7. The summed E-state index contributed by atoms with van der Waals surface area (Å²) in [6.45, 7) is 1.07. The topological polar surface area (TPSA) is 102 Å². The van der Waals surface area contributed by atoms with Gasteiger partial charge >= 0.3 is 0 Å². The van der Waals surface area contributed by atoms with Crippen molar-refractivity contribution >= 4 is 28.4 Å². The fourth-order valence-electron chi connectivity index (χ4n) is 4.40. The number of rotatable bonds is 6. The molecular formula is C22H22F4N8O2. The van der Waals surface area contributed by atoms with Crippen molar-refractivity contribution in [2.24, 2.45) is 0 Å². The van der Waals surface area contributed by atoms with E-state index in [0.29, 0.717) is 29.6 Å². The van der Waals surface area contributed by atoms with E-state index in [-0.39, 0.29) is 35.4 Å². The van der Waals surface area contributed by atoms with Gasteiger partial charge in [-0.15, -0.1) is 10.2 Å². The average molecular weight is 506 g/mol. The summed E-state index contributed by atoms with van der Waals surface area (Å²) < 4.78 is 63.4. The molecule has 1 saturated heterocycles. The van der Waals surface area contributed by atoms with E-state index in [1.54, 1.807) is 12.1 Å². The quantitative estimate of drug-likeness (QED) is 0.401. The minimum atomic E-state index is -2.64. The van der Waals surface area contributed by atoms with Crippen LogP contribution in [0.2, 0.25) is 0 Å². The summed E-state index contributed by atoms with van der Waals surface area (Å²) in [7, 11) is 1.36. The first-order valence-electron chi connectivity index (χ1n) is 11.2. The Hall–Kier alpha value is -3.97. The molecule has 0 spiro atoms. The Balaban J connectivity index is 1.51. The van der Waals surface area contributed by atoms with Crippen LogP contribution in [0.3, 0.4) is 0 Å². The molecule has 0 saturated carbocycles. The SMILES string of the molecule is COc1nc(N[C@H]2CCN(C(C)=O)C[C@H]2F)nn2cc(F)c(-c3ccc4nnn(CC(F)F)c4c3)c12. The van der Waals surface area contributed by atoms with E-state index in [1.807, 2.05) is 0 Å². The predicted molar refractivity (Wildman–Crippen MR) is 121 cm³/mol. The largest absolute Gasteiger partial charge is 0.479 e. The summed E-state index contributed by atoms with van der Waals surface area (Å²) in [5, 5.41) is 14.8. The summed E-state index contributed by atoms with van der Waals surface area (Å²) in [6.07, 6.45) is -2.51. The molecule has 0 aliphatic carbocycles. The second-order valence-electron chi connectivity index (χ2n) is 8.48. The van der Waals surface area contributed by atoms with Crippen molar-refractivity contribution in [2.75, 3.05) is 25.5 Å². The van der Waals surface area contributed by atoms with Crippen molar-refractivity contribution in [3.05, 3.63) is 30.2 Å². The first kappa shape index (κ1) is 23.8. The lowest BCUT2D eigenvalue weighted by atomic mass is 10.0. The van der Waals surface area contributed by atoms with Crippen molar-refractivity contribution in [3.63, 3.8) is 0 Å². The Morgan fingerprint density at radius 3 is 2.83 bits per heavy atom. The number of piperidine rings is 1. The van der Waals surface area contributed by atoms with Gasteiger partial charge in [0.1, 0.15) is 23.7 Å². The summed E-state index contributed by atoms with van der Waals surface area (Å²) in [6, 6.07) is 4.01. The van der Waals surface area contributed by atoms with Crippen LogP contribution in [-0.2, 0) is 11.3 Å². The Morgan fingerprint density at radius 2 is 2.14 bits per heavy atom. The number of amides is 1. The molecule has 2 atom stereocenters. The zero-order valence-electron chi connectivity index (χ0n) is 19.3. The Labute approximate surface area is 201 Å². The molecule has 190 valence electrons. The van der Waals surface area contributed by atoms with E-state index in [9.17, 15) is 18.0 Å². The Morgan fingerprint density at radius 1 is 1.33 bits per heavy atom. The number of fused-ring (bicyclic) bond motifs is 2. The van der Waals surface area contributed by atoms with E-state index in [1.165, 1.54) is 29.5 Å². The zero-order chi connectivity index (χ0) is 25.6. The second kappa shape index (κ2) is 9.24. The van der Waals surface area contributed by atoms with Crippen LogP contribution < -0.4 is 10.1 Å². The van der Waals surface area contributed by atoms with Gasteiger partial charge in [0, 0.05) is 13.5 Å². The number of carbonyl (C=O) groups is 1. The number of alkyl halides is 3. The van der Waals surface area contributed by atoms with Crippen LogP contribution in [0.1, 0.15) is 13.3 Å². The molecule has 1 aliphatic rings. The fraction of sp³-hybridized carbons (Fsp3) is 0.409. The molecule has 5 rings (SSSR count). The number of methoxy groups -OCH3 is 1. The van der Waals surface area contributed by atoms with Gasteiger partial charge in [-0.3, -0.25) is 4.79 Å². The molecule has 0 radical (unpaired) electrons. The monoisotopic (exact) mass is 506 g/mol. The maximum absolute atomic E-state index is 15.2. The number of nitrogens with one attached hydrogen (secondary N) is 1. The van der Waals surface area contributed by atoms with Crippen molar-refractivity contribution in [1.82, 2.24) is 34.5 Å². The molecule has 3 aromatic heterocycles. The van der Waals surface area contributed by atoms with Gasteiger partial charge in [-0.25, -0.2) is 26.8 Å². The van der Waals surface area contributed by atoms with Gasteiger partial charge < -0.3 is 15.0 Å². The van der Waals surface area contributed by atoms with E-state index in [0.717, 1.165) is 10.9 Å². The molecule has 14 heteroatoms. The summed E-state index contributed by atoms with van der Waals surface area (Å²) in [4.78, 5) is 17.3. The minimum Gasteiger partial charge on any atom is -0.479 e. The second-order valence-corrected chi connectivity index (χ2v) is 8.48. The normalized spacial score (nSPS) is 18.4. The first-order valence-corrected chi connectivity index (χ1v) is 11.2. The predicted octanol–water partition coefficient (Wildman–Crippen LogP) is 2.92. The van der Waals surface area contributed by atoms with Crippen molar-refractivity contribution in [1.29, 1.82) is 0 Å². The maximum Gasteiger partial charge on any atom is 0.258 e. The lowest BCUT2D eigenvalue weighted by Gasteiger charge is -2.34. The number of anilines is 1. The third kappa shape index (κ3) is 4.27. The fourth-order valence-corrected chi connectivity index (χ4v) is 4.40. The van der Waals surface area contributed by atoms with Gasteiger partial charge in [-0.1, -0.05) is 11.3 Å². The van der Waals surface area contributed by atoms with E-state index < -0.39 is 31.0 Å². The summed E-state index contributed by atoms with van der Waals surface area (Å²) in [5.41, 5.74) is 1.37. The highest BCUT2D eigenvalue weighted by molar-refractivity contribution is 5.89. The lowest BCUT2D eigenvalue weighted by Crippen LogP contribution is -2.49. The average Bonchev–Trinajstić information content (AvgIpc) is 3.38. The lowest BCUT2D eigenvalue weighted by molar-refractivity contribution is -0.131. The van der Waals surface area contributed by atoms with Crippen LogP contribution in [0.5, 0.6) is 5.88 Å². The van der Waals surface area contributed by atoms with Crippen LogP contribution in [0, 0.1) is 5.82 Å². The molecule has 1 amide bonds. The highest BCUT2D eigenvalue weighted by Crippen LogP contribution is 2.35. The van der Waals surface area contributed by atoms with Gasteiger partial charge in [-0.05, 0) is 24.1 Å². The number of carbonyl (C=O) groups excluding carboxylic acids is 1. The number of halogens is 4. The Bertz CT molecular complexity index is 1440. The van der Waals surface area contributed by atoms with E-state index >= 15 is 4.39 Å². The zero-order valence-corrected chi connectivity index (χ0v) is 19.3. The maximum atomic E-state index is 15.2. The van der Waals surface area contributed by atoms with Crippen LogP contribution in [0.4, 0.5) is 23.5 Å².